The minimum Gasteiger partial charge on any atom is -0.208 e. The largest absolute Gasteiger partial charge is 0.208 e. The van der Waals surface area contributed by atoms with Crippen LogP contribution in [0.25, 0.3) is 45.3 Å². The average Bonchev–Trinajstić information content (AvgIpc) is 3.20. The third kappa shape index (κ3) is 5.90. The number of aromatic nitrogens is 3. The molecule has 1 aromatic heterocycles. The Kier molecular flexibility index (Phi) is 8.29. The van der Waals surface area contributed by atoms with E-state index >= 15 is 0 Å². The lowest BCUT2D eigenvalue weighted by Crippen LogP contribution is -2.74. The standard InChI is InChI=1S/C45H33N3Si/c1-6-17-34(18-7-1)35-29-31-41(32-30-35)49(39-24-12-4-13-25-39,40-26-14-5-15-27-40)42-28-16-23-38(33-42)45-47-43(36-19-8-2-9-20-36)46-44(48-45)37-21-10-3-11-22-37/h1-33H. The van der Waals surface area contributed by atoms with E-state index in [1.807, 2.05) is 60.7 Å². The Labute approximate surface area is 288 Å². The maximum Gasteiger partial charge on any atom is 0.179 e. The van der Waals surface area contributed by atoms with Crippen molar-refractivity contribution in [1.29, 1.82) is 0 Å². The van der Waals surface area contributed by atoms with Gasteiger partial charge < -0.3 is 0 Å². The quantitative estimate of drug-likeness (QED) is 0.125. The molecule has 0 saturated carbocycles. The van der Waals surface area contributed by atoms with Crippen molar-refractivity contribution in [3.8, 4) is 45.3 Å². The van der Waals surface area contributed by atoms with E-state index < -0.39 is 8.07 Å². The second kappa shape index (κ2) is 13.5. The van der Waals surface area contributed by atoms with Crippen molar-refractivity contribution in [2.75, 3.05) is 0 Å². The van der Waals surface area contributed by atoms with Crippen LogP contribution in [0.1, 0.15) is 0 Å². The molecule has 0 atom stereocenters. The van der Waals surface area contributed by atoms with Crippen molar-refractivity contribution in [2.45, 2.75) is 0 Å². The van der Waals surface area contributed by atoms with Gasteiger partial charge in [-0.05, 0) is 31.9 Å². The zero-order valence-corrected chi connectivity index (χ0v) is 27.9. The normalized spacial score (nSPS) is 11.3. The highest BCUT2D eigenvalue weighted by molar-refractivity contribution is 7.19. The van der Waals surface area contributed by atoms with Gasteiger partial charge in [0.1, 0.15) is 0 Å². The first-order valence-electron chi connectivity index (χ1n) is 16.5. The Morgan fingerprint density at radius 1 is 0.245 bits per heavy atom. The van der Waals surface area contributed by atoms with Crippen LogP contribution in [0.5, 0.6) is 0 Å². The van der Waals surface area contributed by atoms with Gasteiger partial charge in [-0.15, -0.1) is 0 Å². The van der Waals surface area contributed by atoms with E-state index in [4.69, 9.17) is 15.0 Å². The maximum atomic E-state index is 5.08. The van der Waals surface area contributed by atoms with Gasteiger partial charge in [-0.25, -0.2) is 15.0 Å². The molecule has 0 aliphatic carbocycles. The molecule has 7 aromatic carbocycles. The summed E-state index contributed by atoms with van der Waals surface area (Å²) in [7, 11) is -2.81. The number of rotatable bonds is 8. The first-order chi connectivity index (χ1) is 24.3. The first-order valence-corrected chi connectivity index (χ1v) is 18.5. The number of nitrogens with zero attached hydrogens (tertiary/aromatic N) is 3. The molecule has 49 heavy (non-hydrogen) atoms. The molecule has 0 fully saturated rings. The van der Waals surface area contributed by atoms with Gasteiger partial charge in [0.15, 0.2) is 25.5 Å². The van der Waals surface area contributed by atoms with Crippen molar-refractivity contribution in [1.82, 2.24) is 15.0 Å². The van der Waals surface area contributed by atoms with Crippen LogP contribution >= 0.6 is 0 Å². The molecule has 0 N–H and O–H groups in total. The topological polar surface area (TPSA) is 38.7 Å². The van der Waals surface area contributed by atoms with Gasteiger partial charge in [0, 0.05) is 16.7 Å². The summed E-state index contributed by atoms with van der Waals surface area (Å²) in [6.07, 6.45) is 0. The van der Waals surface area contributed by atoms with Crippen LogP contribution in [0, 0.1) is 0 Å². The minimum atomic E-state index is -2.81. The molecule has 232 valence electrons. The van der Waals surface area contributed by atoms with E-state index in [0.717, 1.165) is 16.7 Å². The summed E-state index contributed by atoms with van der Waals surface area (Å²) >= 11 is 0. The third-order valence-electron chi connectivity index (χ3n) is 9.09. The summed E-state index contributed by atoms with van der Waals surface area (Å²) in [6.45, 7) is 0. The van der Waals surface area contributed by atoms with E-state index in [2.05, 4.69) is 140 Å². The molecular weight excluding hydrogens is 611 g/mol. The molecule has 8 rings (SSSR count). The molecule has 0 unspecified atom stereocenters. The SMILES string of the molecule is c1ccc(-c2ccc([Si](c3ccccc3)(c3ccccc3)c3cccc(-c4nc(-c5ccccc5)nc(-c5ccccc5)n4)c3)cc2)cc1. The lowest BCUT2D eigenvalue weighted by molar-refractivity contribution is 1.07. The zero-order valence-electron chi connectivity index (χ0n) is 26.9. The molecule has 1 heterocycles. The summed E-state index contributed by atoms with van der Waals surface area (Å²) < 4.78 is 0. The fraction of sp³-hybridized carbons (Fsp3) is 0. The van der Waals surface area contributed by atoms with Crippen molar-refractivity contribution in [2.24, 2.45) is 0 Å². The van der Waals surface area contributed by atoms with Gasteiger partial charge in [-0.2, -0.15) is 0 Å². The number of hydrogen-bond acceptors (Lipinski definition) is 3. The summed E-state index contributed by atoms with van der Waals surface area (Å²) in [5, 5.41) is 5.21. The summed E-state index contributed by atoms with van der Waals surface area (Å²) in [5.41, 5.74) is 5.28. The molecule has 0 aliphatic heterocycles. The molecule has 0 radical (unpaired) electrons. The van der Waals surface area contributed by atoms with Crippen LogP contribution < -0.4 is 20.7 Å². The Bertz CT molecular complexity index is 2200. The van der Waals surface area contributed by atoms with Gasteiger partial charge in [-0.3, -0.25) is 0 Å². The predicted molar refractivity (Wildman–Crippen MR) is 205 cm³/mol. The molecule has 0 amide bonds. The lowest BCUT2D eigenvalue weighted by atomic mass is 10.1. The predicted octanol–water partition coefficient (Wildman–Crippen LogP) is 7.92. The number of benzene rings is 7. The highest BCUT2D eigenvalue weighted by Gasteiger charge is 2.41. The Hall–Kier alpha value is -6.23. The van der Waals surface area contributed by atoms with Crippen molar-refractivity contribution in [3.63, 3.8) is 0 Å². The van der Waals surface area contributed by atoms with Crippen molar-refractivity contribution in [3.05, 3.63) is 200 Å². The summed E-state index contributed by atoms with van der Waals surface area (Å²) in [6, 6.07) is 71.0. The van der Waals surface area contributed by atoms with Crippen LogP contribution in [0.4, 0.5) is 0 Å². The van der Waals surface area contributed by atoms with E-state index in [9.17, 15) is 0 Å². The minimum absolute atomic E-state index is 0.651. The van der Waals surface area contributed by atoms with Crippen molar-refractivity contribution >= 4 is 28.8 Å². The zero-order chi connectivity index (χ0) is 32.9. The number of hydrogen-bond donors (Lipinski definition) is 0. The molecule has 0 aliphatic rings. The van der Waals surface area contributed by atoms with Gasteiger partial charge in [0.2, 0.25) is 0 Å². The third-order valence-corrected chi connectivity index (χ3v) is 13.9. The van der Waals surface area contributed by atoms with E-state index in [1.165, 1.54) is 31.9 Å². The molecule has 4 heteroatoms. The van der Waals surface area contributed by atoms with Crippen LogP contribution in [-0.2, 0) is 0 Å². The fourth-order valence-electron chi connectivity index (χ4n) is 6.75. The monoisotopic (exact) mass is 643 g/mol. The van der Waals surface area contributed by atoms with E-state index in [1.54, 1.807) is 0 Å². The maximum absolute atomic E-state index is 5.08. The van der Waals surface area contributed by atoms with Gasteiger partial charge in [0.05, 0.1) is 0 Å². The van der Waals surface area contributed by atoms with Gasteiger partial charge in [-0.1, -0.05) is 200 Å². The van der Waals surface area contributed by atoms with Crippen LogP contribution in [-0.4, -0.2) is 23.0 Å². The second-order valence-electron chi connectivity index (χ2n) is 12.0. The Balaban J connectivity index is 1.35. The van der Waals surface area contributed by atoms with Gasteiger partial charge in [0.25, 0.3) is 0 Å². The van der Waals surface area contributed by atoms with Crippen LogP contribution in [0.2, 0.25) is 0 Å². The van der Waals surface area contributed by atoms with E-state index in [0.29, 0.717) is 17.5 Å². The van der Waals surface area contributed by atoms with Crippen LogP contribution in [0.3, 0.4) is 0 Å². The van der Waals surface area contributed by atoms with E-state index in [-0.39, 0.29) is 0 Å². The first kappa shape index (κ1) is 30.1. The molecular formula is C45H33N3Si. The summed E-state index contributed by atoms with van der Waals surface area (Å²) in [4.78, 5) is 15.1. The molecule has 0 spiro atoms. The summed E-state index contributed by atoms with van der Waals surface area (Å²) in [5.74, 6) is 1.96. The second-order valence-corrected chi connectivity index (χ2v) is 15.9. The molecule has 8 aromatic rings. The lowest BCUT2D eigenvalue weighted by Gasteiger charge is -2.34. The highest BCUT2D eigenvalue weighted by Crippen LogP contribution is 2.25. The Morgan fingerprint density at radius 2 is 0.571 bits per heavy atom. The smallest absolute Gasteiger partial charge is 0.179 e. The Morgan fingerprint density at radius 3 is 1.04 bits per heavy atom. The van der Waals surface area contributed by atoms with Crippen LogP contribution in [0.15, 0.2) is 200 Å². The average molecular weight is 644 g/mol. The van der Waals surface area contributed by atoms with Gasteiger partial charge >= 0.3 is 0 Å². The highest BCUT2D eigenvalue weighted by atomic mass is 28.3. The molecule has 0 bridgehead atoms. The fourth-order valence-corrected chi connectivity index (χ4v) is 11.5. The molecule has 3 nitrogen and oxygen atoms in total. The molecule has 0 saturated heterocycles. The van der Waals surface area contributed by atoms with Crippen molar-refractivity contribution < 1.29 is 0 Å².